The lowest BCUT2D eigenvalue weighted by atomic mass is 10.2. The first-order valence-corrected chi connectivity index (χ1v) is 5.14. The van der Waals surface area contributed by atoms with Gasteiger partial charge < -0.3 is 0 Å². The molecule has 0 fully saturated rings. The van der Waals surface area contributed by atoms with E-state index in [1.165, 1.54) is 18.3 Å². The Kier molecular flexibility index (Phi) is 3.20. The van der Waals surface area contributed by atoms with E-state index in [0.717, 1.165) is 22.9 Å². The maximum Gasteiger partial charge on any atom is 0.416 e. The monoisotopic (exact) mass is 268 g/mol. The van der Waals surface area contributed by atoms with Crippen LogP contribution in [-0.2, 0) is 6.18 Å². The van der Waals surface area contributed by atoms with Crippen molar-refractivity contribution in [2.75, 3.05) is 0 Å². The van der Waals surface area contributed by atoms with Crippen molar-refractivity contribution in [1.29, 1.82) is 0 Å². The summed E-state index contributed by atoms with van der Waals surface area (Å²) in [7, 11) is 0. The number of carbonyl (C=O) groups is 1. The Balaban J connectivity index is 2.53. The second kappa shape index (κ2) is 4.68. The topological polar surface area (TPSA) is 52.0 Å². The highest BCUT2D eigenvalue weighted by Crippen LogP contribution is 2.30. The molecular formula is C12H7F3N2O2. The SMILES string of the molecule is O=Cc1nn(-c2cccc(C(F)(F)F)c2)ccc1=O. The number of aldehydes is 1. The first-order valence-electron chi connectivity index (χ1n) is 5.14. The van der Waals surface area contributed by atoms with Crippen LogP contribution in [0.5, 0.6) is 0 Å². The van der Waals surface area contributed by atoms with Gasteiger partial charge in [-0.3, -0.25) is 9.59 Å². The minimum Gasteiger partial charge on any atom is -0.296 e. The zero-order valence-electron chi connectivity index (χ0n) is 9.39. The van der Waals surface area contributed by atoms with Crippen molar-refractivity contribution >= 4 is 6.29 Å². The van der Waals surface area contributed by atoms with Gasteiger partial charge in [0.25, 0.3) is 0 Å². The molecule has 0 radical (unpaired) electrons. The van der Waals surface area contributed by atoms with Crippen LogP contribution in [0.1, 0.15) is 16.1 Å². The van der Waals surface area contributed by atoms with Crippen molar-refractivity contribution in [3.63, 3.8) is 0 Å². The van der Waals surface area contributed by atoms with Crippen LogP contribution in [0.25, 0.3) is 5.69 Å². The molecule has 7 heteroatoms. The number of alkyl halides is 3. The van der Waals surface area contributed by atoms with E-state index in [0.29, 0.717) is 0 Å². The zero-order valence-corrected chi connectivity index (χ0v) is 9.39. The normalized spacial score (nSPS) is 11.3. The highest BCUT2D eigenvalue weighted by molar-refractivity contribution is 5.71. The van der Waals surface area contributed by atoms with Gasteiger partial charge in [-0.2, -0.15) is 18.3 Å². The van der Waals surface area contributed by atoms with Gasteiger partial charge in [0.2, 0.25) is 5.43 Å². The quantitative estimate of drug-likeness (QED) is 0.783. The summed E-state index contributed by atoms with van der Waals surface area (Å²) in [6.45, 7) is 0. The van der Waals surface area contributed by atoms with E-state index in [-0.39, 0.29) is 17.7 Å². The lowest BCUT2D eigenvalue weighted by Gasteiger charge is -2.10. The molecule has 2 rings (SSSR count). The van der Waals surface area contributed by atoms with Crippen molar-refractivity contribution in [1.82, 2.24) is 9.78 Å². The smallest absolute Gasteiger partial charge is 0.296 e. The van der Waals surface area contributed by atoms with E-state index < -0.39 is 17.2 Å². The fourth-order valence-corrected chi connectivity index (χ4v) is 1.47. The summed E-state index contributed by atoms with van der Waals surface area (Å²) in [5.41, 5.74) is -1.67. The molecule has 0 aliphatic carbocycles. The molecule has 1 aromatic carbocycles. The summed E-state index contributed by atoms with van der Waals surface area (Å²) in [6, 6.07) is 5.48. The van der Waals surface area contributed by atoms with E-state index >= 15 is 0 Å². The second-order valence-corrected chi connectivity index (χ2v) is 3.68. The van der Waals surface area contributed by atoms with E-state index in [1.807, 2.05) is 0 Å². The van der Waals surface area contributed by atoms with Gasteiger partial charge in [0.1, 0.15) is 0 Å². The second-order valence-electron chi connectivity index (χ2n) is 3.68. The molecule has 1 aromatic heterocycles. The van der Waals surface area contributed by atoms with Gasteiger partial charge in [0.15, 0.2) is 12.0 Å². The molecule has 2 aromatic rings. The maximum atomic E-state index is 12.6. The fraction of sp³-hybridized carbons (Fsp3) is 0.0833. The molecule has 0 amide bonds. The van der Waals surface area contributed by atoms with Gasteiger partial charge >= 0.3 is 6.18 Å². The Labute approximate surface area is 105 Å². The van der Waals surface area contributed by atoms with Gasteiger partial charge in [-0.15, -0.1) is 0 Å². The summed E-state index contributed by atoms with van der Waals surface area (Å²) in [5.74, 6) is 0. The van der Waals surface area contributed by atoms with Gasteiger partial charge in [-0.1, -0.05) is 6.07 Å². The van der Waals surface area contributed by atoms with Crippen LogP contribution < -0.4 is 5.43 Å². The molecular weight excluding hydrogens is 261 g/mol. The number of carbonyl (C=O) groups excluding carboxylic acids is 1. The van der Waals surface area contributed by atoms with Crippen molar-refractivity contribution < 1.29 is 18.0 Å². The molecule has 0 unspecified atom stereocenters. The van der Waals surface area contributed by atoms with Crippen LogP contribution in [0, 0.1) is 0 Å². The molecule has 0 bridgehead atoms. The predicted octanol–water partition coefficient (Wildman–Crippen LogP) is 2.06. The first kappa shape index (κ1) is 13.0. The van der Waals surface area contributed by atoms with Gasteiger partial charge in [0.05, 0.1) is 11.3 Å². The van der Waals surface area contributed by atoms with Crippen LogP contribution in [-0.4, -0.2) is 16.1 Å². The molecule has 0 aliphatic rings. The molecule has 98 valence electrons. The van der Waals surface area contributed by atoms with Crippen molar-refractivity contribution in [2.24, 2.45) is 0 Å². The number of nitrogens with zero attached hydrogens (tertiary/aromatic N) is 2. The van der Waals surface area contributed by atoms with Crippen LogP contribution in [0.15, 0.2) is 41.3 Å². The Bertz CT molecular complexity index is 677. The largest absolute Gasteiger partial charge is 0.416 e. The molecule has 0 saturated carbocycles. The molecule has 0 spiro atoms. The summed E-state index contributed by atoms with van der Waals surface area (Å²) < 4.78 is 38.7. The number of hydrogen-bond donors (Lipinski definition) is 0. The first-order chi connectivity index (χ1) is 8.91. The standard InChI is InChI=1S/C12H7F3N2O2/c13-12(14,15)8-2-1-3-9(6-8)17-5-4-11(19)10(7-18)16-17/h1-7H. The van der Waals surface area contributed by atoms with Gasteiger partial charge in [-0.25, -0.2) is 4.68 Å². The minimum atomic E-state index is -4.47. The summed E-state index contributed by atoms with van der Waals surface area (Å²) >= 11 is 0. The van der Waals surface area contributed by atoms with E-state index in [1.54, 1.807) is 0 Å². The minimum absolute atomic E-state index is 0.109. The van der Waals surface area contributed by atoms with E-state index in [2.05, 4.69) is 5.10 Å². The number of rotatable bonds is 2. The molecule has 0 atom stereocenters. The summed E-state index contributed by atoms with van der Waals surface area (Å²) in [4.78, 5) is 21.8. The third kappa shape index (κ3) is 2.70. The molecule has 0 aliphatic heterocycles. The van der Waals surface area contributed by atoms with Crippen LogP contribution in [0.4, 0.5) is 13.2 Å². The summed E-state index contributed by atoms with van der Waals surface area (Å²) in [6.07, 6.45) is -3.01. The molecule has 4 nitrogen and oxygen atoms in total. The average Bonchev–Trinajstić information content (AvgIpc) is 2.38. The highest BCUT2D eigenvalue weighted by Gasteiger charge is 2.30. The third-order valence-electron chi connectivity index (χ3n) is 2.38. The fourth-order valence-electron chi connectivity index (χ4n) is 1.47. The number of benzene rings is 1. The number of halogens is 3. The Morgan fingerprint density at radius 2 is 1.95 bits per heavy atom. The van der Waals surface area contributed by atoms with Crippen LogP contribution >= 0.6 is 0 Å². The lowest BCUT2D eigenvalue weighted by molar-refractivity contribution is -0.137. The Hall–Kier alpha value is -2.44. The zero-order chi connectivity index (χ0) is 14.0. The third-order valence-corrected chi connectivity index (χ3v) is 2.38. The number of aromatic nitrogens is 2. The number of hydrogen-bond acceptors (Lipinski definition) is 3. The van der Waals surface area contributed by atoms with Gasteiger partial charge in [-0.05, 0) is 18.2 Å². The van der Waals surface area contributed by atoms with Crippen molar-refractivity contribution in [3.05, 3.63) is 58.0 Å². The molecule has 1 heterocycles. The van der Waals surface area contributed by atoms with Crippen molar-refractivity contribution in [3.8, 4) is 5.69 Å². The molecule has 0 saturated heterocycles. The highest BCUT2D eigenvalue weighted by atomic mass is 19.4. The Morgan fingerprint density at radius 3 is 2.58 bits per heavy atom. The lowest BCUT2D eigenvalue weighted by Crippen LogP contribution is -2.15. The van der Waals surface area contributed by atoms with Crippen molar-refractivity contribution in [2.45, 2.75) is 6.18 Å². The summed E-state index contributed by atoms with van der Waals surface area (Å²) in [5, 5.41) is 3.65. The maximum absolute atomic E-state index is 12.6. The van der Waals surface area contributed by atoms with E-state index in [9.17, 15) is 22.8 Å². The molecule has 19 heavy (non-hydrogen) atoms. The predicted molar refractivity (Wildman–Crippen MR) is 60.2 cm³/mol. The van der Waals surface area contributed by atoms with Crippen LogP contribution in [0.3, 0.4) is 0 Å². The molecule has 0 N–H and O–H groups in total. The van der Waals surface area contributed by atoms with Crippen LogP contribution in [0.2, 0.25) is 0 Å². The van der Waals surface area contributed by atoms with Gasteiger partial charge in [0, 0.05) is 12.3 Å². The van der Waals surface area contributed by atoms with E-state index in [4.69, 9.17) is 0 Å². The average molecular weight is 268 g/mol. The Morgan fingerprint density at radius 1 is 1.21 bits per heavy atom.